The number of carbonyl (C=O) groups excluding carboxylic acids is 1. The monoisotopic (exact) mass is 311 g/mol. The standard InChI is InChI=1S/C12H13ClF3NOS/c1-7(2)17-11(18)10(13)8-3-5-9(6-4-8)19-12(14,15)16/h3-7,10H,1-2H3,(H,17,18). The van der Waals surface area contributed by atoms with Gasteiger partial charge in [0, 0.05) is 10.9 Å². The summed E-state index contributed by atoms with van der Waals surface area (Å²) in [4.78, 5) is 11.7. The second-order valence-corrected chi connectivity index (χ2v) is 5.72. The first kappa shape index (κ1) is 16.2. The Morgan fingerprint density at radius 1 is 1.26 bits per heavy atom. The van der Waals surface area contributed by atoms with Crippen LogP contribution >= 0.6 is 23.4 Å². The molecule has 0 heterocycles. The average molecular weight is 312 g/mol. The van der Waals surface area contributed by atoms with Gasteiger partial charge < -0.3 is 5.32 Å². The van der Waals surface area contributed by atoms with Gasteiger partial charge in [0.15, 0.2) is 0 Å². The third kappa shape index (κ3) is 5.74. The van der Waals surface area contributed by atoms with Crippen LogP contribution in [0.4, 0.5) is 13.2 Å². The lowest BCUT2D eigenvalue weighted by Crippen LogP contribution is -2.32. The lowest BCUT2D eigenvalue weighted by atomic mass is 10.1. The van der Waals surface area contributed by atoms with E-state index in [1.807, 2.05) is 0 Å². The minimum absolute atomic E-state index is 0.0474. The van der Waals surface area contributed by atoms with Crippen LogP contribution < -0.4 is 5.32 Å². The Kier molecular flexibility index (Phi) is 5.55. The van der Waals surface area contributed by atoms with Crippen LogP contribution in [0.3, 0.4) is 0 Å². The van der Waals surface area contributed by atoms with Gasteiger partial charge in [-0.1, -0.05) is 12.1 Å². The van der Waals surface area contributed by atoms with Crippen LogP contribution in [0.2, 0.25) is 0 Å². The number of alkyl halides is 4. The Labute approximate surface area is 118 Å². The minimum atomic E-state index is -4.32. The molecule has 0 aliphatic rings. The fraction of sp³-hybridized carbons (Fsp3) is 0.417. The Bertz CT molecular complexity index is 434. The van der Waals surface area contributed by atoms with E-state index in [0.29, 0.717) is 5.56 Å². The van der Waals surface area contributed by atoms with E-state index < -0.39 is 10.9 Å². The van der Waals surface area contributed by atoms with Crippen LogP contribution in [-0.2, 0) is 4.79 Å². The maximum absolute atomic E-state index is 12.1. The molecular weight excluding hydrogens is 299 g/mol. The maximum atomic E-state index is 12.1. The number of amides is 1. The van der Waals surface area contributed by atoms with Crippen molar-refractivity contribution in [3.8, 4) is 0 Å². The predicted octanol–water partition coefficient (Wildman–Crippen LogP) is 4.10. The third-order valence-electron chi connectivity index (χ3n) is 2.07. The van der Waals surface area contributed by atoms with Crippen LogP contribution in [0, 0.1) is 0 Å². The molecule has 0 fully saturated rings. The first-order chi connectivity index (χ1) is 8.69. The molecule has 0 saturated heterocycles. The third-order valence-corrected chi connectivity index (χ3v) is 3.26. The van der Waals surface area contributed by atoms with Crippen molar-refractivity contribution in [2.24, 2.45) is 0 Å². The molecule has 0 radical (unpaired) electrons. The van der Waals surface area contributed by atoms with Gasteiger partial charge in [-0.3, -0.25) is 4.79 Å². The van der Waals surface area contributed by atoms with E-state index in [1.165, 1.54) is 24.3 Å². The molecule has 0 aliphatic carbocycles. The van der Waals surface area contributed by atoms with Gasteiger partial charge in [0.1, 0.15) is 5.38 Å². The number of halogens is 4. The zero-order valence-electron chi connectivity index (χ0n) is 10.3. The van der Waals surface area contributed by atoms with E-state index in [9.17, 15) is 18.0 Å². The highest BCUT2D eigenvalue weighted by Crippen LogP contribution is 2.37. The van der Waals surface area contributed by atoms with Crippen LogP contribution in [0.25, 0.3) is 0 Å². The van der Waals surface area contributed by atoms with Crippen molar-refractivity contribution in [3.63, 3.8) is 0 Å². The summed E-state index contributed by atoms with van der Waals surface area (Å²) in [6, 6.07) is 5.39. The molecular formula is C12H13ClF3NOS. The number of benzene rings is 1. The van der Waals surface area contributed by atoms with Gasteiger partial charge >= 0.3 is 5.51 Å². The fourth-order valence-corrected chi connectivity index (χ4v) is 2.10. The maximum Gasteiger partial charge on any atom is 0.446 e. The Morgan fingerprint density at radius 2 is 1.79 bits per heavy atom. The number of hydrogen-bond acceptors (Lipinski definition) is 2. The molecule has 0 spiro atoms. The molecule has 106 valence electrons. The summed E-state index contributed by atoms with van der Waals surface area (Å²) in [5, 5.41) is 1.73. The van der Waals surface area contributed by atoms with E-state index >= 15 is 0 Å². The van der Waals surface area contributed by atoms with E-state index in [-0.39, 0.29) is 28.6 Å². The van der Waals surface area contributed by atoms with Crippen molar-refractivity contribution in [1.82, 2.24) is 5.32 Å². The molecule has 2 nitrogen and oxygen atoms in total. The largest absolute Gasteiger partial charge is 0.446 e. The van der Waals surface area contributed by atoms with E-state index in [0.717, 1.165) is 0 Å². The Morgan fingerprint density at radius 3 is 2.21 bits per heavy atom. The highest BCUT2D eigenvalue weighted by molar-refractivity contribution is 8.00. The zero-order chi connectivity index (χ0) is 14.6. The van der Waals surface area contributed by atoms with Gasteiger partial charge in [-0.25, -0.2) is 0 Å². The molecule has 1 amide bonds. The highest BCUT2D eigenvalue weighted by Gasteiger charge is 2.29. The molecule has 1 aromatic rings. The molecule has 1 unspecified atom stereocenters. The van der Waals surface area contributed by atoms with Crippen molar-refractivity contribution in [2.75, 3.05) is 0 Å². The topological polar surface area (TPSA) is 29.1 Å². The molecule has 1 rings (SSSR count). The molecule has 0 aromatic heterocycles. The summed E-state index contributed by atoms with van der Waals surface area (Å²) < 4.78 is 36.4. The van der Waals surface area contributed by atoms with Gasteiger partial charge in [-0.15, -0.1) is 11.6 Å². The second kappa shape index (κ2) is 6.52. The summed E-state index contributed by atoms with van der Waals surface area (Å²) in [6.07, 6.45) is 0. The van der Waals surface area contributed by atoms with Crippen molar-refractivity contribution in [3.05, 3.63) is 29.8 Å². The molecule has 7 heteroatoms. The number of thioether (sulfide) groups is 1. The van der Waals surface area contributed by atoms with Crippen LogP contribution in [-0.4, -0.2) is 17.5 Å². The summed E-state index contributed by atoms with van der Waals surface area (Å²) in [5.41, 5.74) is -3.86. The van der Waals surface area contributed by atoms with Gasteiger partial charge in [-0.2, -0.15) is 13.2 Å². The number of carbonyl (C=O) groups is 1. The fourth-order valence-electron chi connectivity index (χ4n) is 1.35. The molecule has 19 heavy (non-hydrogen) atoms. The summed E-state index contributed by atoms with van der Waals surface area (Å²) >= 11 is 5.74. The average Bonchev–Trinajstić information content (AvgIpc) is 2.26. The van der Waals surface area contributed by atoms with Crippen molar-refractivity contribution < 1.29 is 18.0 Å². The second-order valence-electron chi connectivity index (χ2n) is 4.14. The van der Waals surface area contributed by atoms with E-state index in [1.54, 1.807) is 13.8 Å². The number of hydrogen-bond donors (Lipinski definition) is 1. The van der Waals surface area contributed by atoms with Gasteiger partial charge in [0.25, 0.3) is 0 Å². The molecule has 0 aliphatic heterocycles. The summed E-state index contributed by atoms with van der Waals surface area (Å²) in [7, 11) is 0. The smallest absolute Gasteiger partial charge is 0.352 e. The van der Waals surface area contributed by atoms with E-state index in [4.69, 9.17) is 11.6 Å². The first-order valence-corrected chi connectivity index (χ1v) is 6.74. The van der Waals surface area contributed by atoms with Crippen LogP contribution in [0.5, 0.6) is 0 Å². The Hall–Kier alpha value is -0.880. The van der Waals surface area contributed by atoms with Crippen molar-refractivity contribution >= 4 is 29.3 Å². The van der Waals surface area contributed by atoms with Gasteiger partial charge in [0.2, 0.25) is 5.91 Å². The van der Waals surface area contributed by atoms with Gasteiger partial charge in [0.05, 0.1) is 0 Å². The summed E-state index contributed by atoms with van der Waals surface area (Å²) in [5.74, 6) is -0.368. The normalized spacial score (nSPS) is 13.4. The Balaban J connectivity index is 2.73. The molecule has 0 saturated carbocycles. The van der Waals surface area contributed by atoms with E-state index in [2.05, 4.69) is 5.32 Å². The molecule has 1 aromatic carbocycles. The van der Waals surface area contributed by atoms with Crippen LogP contribution in [0.15, 0.2) is 29.2 Å². The molecule has 1 N–H and O–H groups in total. The highest BCUT2D eigenvalue weighted by atomic mass is 35.5. The molecule has 0 bridgehead atoms. The minimum Gasteiger partial charge on any atom is -0.352 e. The number of nitrogens with one attached hydrogen (secondary N) is 1. The number of rotatable bonds is 4. The predicted molar refractivity (Wildman–Crippen MR) is 70.2 cm³/mol. The van der Waals surface area contributed by atoms with Gasteiger partial charge in [-0.05, 0) is 43.3 Å². The van der Waals surface area contributed by atoms with Crippen molar-refractivity contribution in [2.45, 2.75) is 35.7 Å². The SMILES string of the molecule is CC(C)NC(=O)C(Cl)c1ccc(SC(F)(F)F)cc1. The first-order valence-electron chi connectivity index (χ1n) is 5.49. The zero-order valence-corrected chi connectivity index (χ0v) is 11.9. The van der Waals surface area contributed by atoms with Crippen LogP contribution in [0.1, 0.15) is 24.8 Å². The molecule has 1 atom stereocenters. The lowest BCUT2D eigenvalue weighted by molar-refractivity contribution is -0.121. The van der Waals surface area contributed by atoms with Crippen molar-refractivity contribution in [1.29, 1.82) is 0 Å². The lowest BCUT2D eigenvalue weighted by Gasteiger charge is -2.13. The summed E-state index contributed by atoms with van der Waals surface area (Å²) in [6.45, 7) is 3.59. The quantitative estimate of drug-likeness (QED) is 0.670.